The van der Waals surface area contributed by atoms with Crippen molar-refractivity contribution in [3.8, 4) is 0 Å². The summed E-state index contributed by atoms with van der Waals surface area (Å²) < 4.78 is 0. The minimum absolute atomic E-state index is 0.108. The number of nitrogens with zero attached hydrogens (tertiary/aromatic N) is 2. The molecule has 148 valence electrons. The average molecular weight is 403 g/mol. The van der Waals surface area contributed by atoms with Crippen molar-refractivity contribution in [3.05, 3.63) is 0 Å². The fourth-order valence-electron chi connectivity index (χ4n) is 2.64. The maximum absolute atomic E-state index is 10.7. The fourth-order valence-corrected chi connectivity index (χ4v) is 3.07. The van der Waals surface area contributed by atoms with Crippen LogP contribution in [0.15, 0.2) is 0 Å². The van der Waals surface area contributed by atoms with E-state index in [0.29, 0.717) is 12.8 Å². The van der Waals surface area contributed by atoms with Gasteiger partial charge in [0.25, 0.3) is 0 Å². The van der Waals surface area contributed by atoms with Crippen LogP contribution in [0.2, 0.25) is 0 Å². The van der Waals surface area contributed by atoms with Gasteiger partial charge < -0.3 is 20.0 Å². The number of aliphatic carboxylic acids is 2. The number of carboxylic acid groups (broad SMARTS) is 2. The maximum atomic E-state index is 10.7. The molecule has 2 rings (SSSR count). The van der Waals surface area contributed by atoms with Crippen molar-refractivity contribution in [1.82, 2.24) is 9.80 Å². The largest absolute Gasteiger partial charge is 0.480 e. The SMILES string of the molecule is CC(C)(C)C(=S)N1CC[C@H]1C(=O)O.CC(C)(C)C(=S)N1CC[C@H]1C(=O)O. The van der Waals surface area contributed by atoms with E-state index < -0.39 is 11.9 Å². The third kappa shape index (κ3) is 5.36. The molecule has 0 saturated carbocycles. The molecule has 0 radical (unpaired) electrons. The summed E-state index contributed by atoms with van der Waals surface area (Å²) in [5.74, 6) is -1.53. The minimum atomic E-state index is -0.766. The van der Waals surface area contributed by atoms with Gasteiger partial charge in [-0.05, 0) is 12.8 Å². The Bertz CT molecular complexity index is 541. The Balaban J connectivity index is 0.000000260. The van der Waals surface area contributed by atoms with Crippen LogP contribution in [-0.2, 0) is 9.59 Å². The second-order valence-corrected chi connectivity index (χ2v) is 9.56. The van der Waals surface area contributed by atoms with E-state index in [9.17, 15) is 9.59 Å². The zero-order valence-electron chi connectivity index (χ0n) is 16.4. The molecule has 0 bridgehead atoms. The summed E-state index contributed by atoms with van der Waals surface area (Å²) >= 11 is 10.4. The van der Waals surface area contributed by atoms with Crippen LogP contribution in [0.4, 0.5) is 0 Å². The Morgan fingerprint density at radius 2 is 1.04 bits per heavy atom. The molecule has 2 saturated heterocycles. The summed E-state index contributed by atoms with van der Waals surface area (Å²) in [6, 6.07) is -0.765. The molecule has 26 heavy (non-hydrogen) atoms. The highest BCUT2D eigenvalue weighted by Crippen LogP contribution is 2.28. The Morgan fingerprint density at radius 1 is 0.769 bits per heavy atom. The highest BCUT2D eigenvalue weighted by Gasteiger charge is 2.39. The molecule has 0 aromatic heterocycles. The number of carboxylic acids is 2. The second-order valence-electron chi connectivity index (χ2n) is 8.78. The third-order valence-corrected chi connectivity index (χ3v) is 6.11. The summed E-state index contributed by atoms with van der Waals surface area (Å²) in [6.45, 7) is 13.6. The first-order chi connectivity index (χ1) is 11.7. The fraction of sp³-hybridized carbons (Fsp3) is 0.778. The molecular weight excluding hydrogens is 372 g/mol. The summed E-state index contributed by atoms with van der Waals surface area (Å²) in [4.78, 5) is 26.6. The Hall–Kier alpha value is -1.28. The molecular formula is C18H30N2O4S2. The summed E-state index contributed by atoms with van der Waals surface area (Å²) in [5, 5.41) is 17.6. The molecule has 0 aromatic rings. The van der Waals surface area contributed by atoms with E-state index in [1.165, 1.54) is 0 Å². The number of likely N-dealkylation sites (tertiary alicyclic amines) is 2. The maximum Gasteiger partial charge on any atom is 0.326 e. The van der Waals surface area contributed by atoms with Crippen molar-refractivity contribution in [2.75, 3.05) is 13.1 Å². The smallest absolute Gasteiger partial charge is 0.326 e. The van der Waals surface area contributed by atoms with Crippen LogP contribution >= 0.6 is 24.4 Å². The lowest BCUT2D eigenvalue weighted by Crippen LogP contribution is -2.57. The van der Waals surface area contributed by atoms with E-state index in [2.05, 4.69) is 0 Å². The molecule has 0 unspecified atom stereocenters. The van der Waals surface area contributed by atoms with Crippen LogP contribution in [0.3, 0.4) is 0 Å². The molecule has 6 nitrogen and oxygen atoms in total. The predicted octanol–water partition coefficient (Wildman–Crippen LogP) is 3.04. The van der Waals surface area contributed by atoms with Gasteiger partial charge in [-0.3, -0.25) is 0 Å². The number of hydrogen-bond donors (Lipinski definition) is 2. The molecule has 2 atom stereocenters. The van der Waals surface area contributed by atoms with Crippen molar-refractivity contribution in [3.63, 3.8) is 0 Å². The Morgan fingerprint density at radius 3 is 1.15 bits per heavy atom. The van der Waals surface area contributed by atoms with Gasteiger partial charge >= 0.3 is 11.9 Å². The van der Waals surface area contributed by atoms with E-state index in [4.69, 9.17) is 34.6 Å². The lowest BCUT2D eigenvalue weighted by molar-refractivity contribution is -0.146. The first-order valence-electron chi connectivity index (χ1n) is 8.75. The number of rotatable bonds is 2. The van der Waals surface area contributed by atoms with Crippen molar-refractivity contribution >= 4 is 46.4 Å². The first kappa shape index (κ1) is 22.8. The van der Waals surface area contributed by atoms with Crippen molar-refractivity contribution in [1.29, 1.82) is 0 Å². The van der Waals surface area contributed by atoms with Gasteiger partial charge in [-0.1, -0.05) is 66.0 Å². The van der Waals surface area contributed by atoms with Crippen molar-refractivity contribution in [2.24, 2.45) is 10.8 Å². The van der Waals surface area contributed by atoms with Crippen LogP contribution in [0.5, 0.6) is 0 Å². The van der Waals surface area contributed by atoms with Crippen molar-refractivity contribution < 1.29 is 19.8 Å². The van der Waals surface area contributed by atoms with E-state index >= 15 is 0 Å². The van der Waals surface area contributed by atoms with E-state index in [0.717, 1.165) is 23.1 Å². The summed E-state index contributed by atoms with van der Waals surface area (Å²) in [6.07, 6.45) is 1.43. The van der Waals surface area contributed by atoms with Crippen molar-refractivity contribution in [2.45, 2.75) is 66.5 Å². The topological polar surface area (TPSA) is 81.1 Å². The molecule has 2 aliphatic rings. The molecule has 0 aromatic carbocycles. The lowest BCUT2D eigenvalue weighted by Gasteiger charge is -2.43. The van der Waals surface area contributed by atoms with Gasteiger partial charge in [-0.25, -0.2) is 9.59 Å². The van der Waals surface area contributed by atoms with Gasteiger partial charge in [0.05, 0.1) is 9.98 Å². The van der Waals surface area contributed by atoms with Crippen LogP contribution in [-0.4, -0.2) is 67.1 Å². The van der Waals surface area contributed by atoms with E-state index in [1.807, 2.05) is 41.5 Å². The van der Waals surface area contributed by atoms with Gasteiger partial charge in [-0.15, -0.1) is 0 Å². The zero-order chi connectivity index (χ0) is 20.4. The first-order valence-corrected chi connectivity index (χ1v) is 9.57. The molecule has 2 heterocycles. The summed E-state index contributed by atoms with van der Waals surface area (Å²) in [5.41, 5.74) is -0.215. The predicted molar refractivity (Wildman–Crippen MR) is 110 cm³/mol. The van der Waals surface area contributed by atoms with Crippen LogP contribution in [0.25, 0.3) is 0 Å². The van der Waals surface area contributed by atoms with E-state index in [1.54, 1.807) is 9.80 Å². The number of carbonyl (C=O) groups is 2. The Labute approximate surface area is 166 Å². The van der Waals surface area contributed by atoms with Gasteiger partial charge in [0.1, 0.15) is 12.1 Å². The van der Waals surface area contributed by atoms with Gasteiger partial charge in [0.2, 0.25) is 0 Å². The van der Waals surface area contributed by atoms with Crippen LogP contribution < -0.4 is 0 Å². The normalized spacial score (nSPS) is 22.4. The van der Waals surface area contributed by atoms with Gasteiger partial charge in [0, 0.05) is 23.9 Å². The lowest BCUT2D eigenvalue weighted by atomic mass is 9.91. The molecule has 0 amide bonds. The monoisotopic (exact) mass is 402 g/mol. The highest BCUT2D eigenvalue weighted by atomic mass is 32.1. The molecule has 0 spiro atoms. The minimum Gasteiger partial charge on any atom is -0.480 e. The average Bonchev–Trinajstić information content (AvgIpc) is 2.32. The van der Waals surface area contributed by atoms with Gasteiger partial charge in [-0.2, -0.15) is 0 Å². The Kier molecular flexibility index (Phi) is 7.15. The standard InChI is InChI=1S/2C9H15NO2S/c2*1-9(2,3)8(13)10-5-4-6(10)7(11)12/h2*6H,4-5H2,1-3H3,(H,11,12)/t2*6-/m00/s1. The second kappa shape index (κ2) is 8.17. The zero-order valence-corrected chi connectivity index (χ0v) is 18.0. The quantitative estimate of drug-likeness (QED) is 0.682. The number of hydrogen-bond acceptors (Lipinski definition) is 4. The van der Waals surface area contributed by atoms with E-state index in [-0.39, 0.29) is 22.9 Å². The van der Waals surface area contributed by atoms with Crippen LogP contribution in [0, 0.1) is 10.8 Å². The third-order valence-electron chi connectivity index (χ3n) is 4.41. The van der Waals surface area contributed by atoms with Gasteiger partial charge in [0.15, 0.2) is 0 Å². The number of thiocarbonyl (C=S) groups is 2. The molecule has 2 aliphatic heterocycles. The molecule has 0 aliphatic carbocycles. The molecule has 2 fully saturated rings. The summed E-state index contributed by atoms with van der Waals surface area (Å²) in [7, 11) is 0. The highest BCUT2D eigenvalue weighted by molar-refractivity contribution is 7.80. The molecule has 2 N–H and O–H groups in total. The van der Waals surface area contributed by atoms with Crippen LogP contribution in [0.1, 0.15) is 54.4 Å². The molecule has 8 heteroatoms.